The van der Waals surface area contributed by atoms with E-state index < -0.39 is 29.8 Å². The van der Waals surface area contributed by atoms with Crippen LogP contribution >= 0.6 is 0 Å². The number of amides is 4. The van der Waals surface area contributed by atoms with Crippen LogP contribution in [0.2, 0.25) is 0 Å². The number of hydrogen-bond acceptors (Lipinski definition) is 7. The first-order chi connectivity index (χ1) is 19.2. The SMILES string of the molecule is COc1ccc(OCCCNC(=O)[C@@H]2CC(=O)N[C@H](C(C)C)C(=O)N(C)CCOc3ccccc3C(=O)N2)cc1. The van der Waals surface area contributed by atoms with E-state index in [1.54, 1.807) is 62.7 Å². The zero-order chi connectivity index (χ0) is 29.1. The van der Waals surface area contributed by atoms with Crippen molar-refractivity contribution < 1.29 is 33.4 Å². The highest BCUT2D eigenvalue weighted by Crippen LogP contribution is 2.19. The van der Waals surface area contributed by atoms with E-state index in [4.69, 9.17) is 14.2 Å². The molecular weight excluding hydrogens is 516 g/mol. The average Bonchev–Trinajstić information content (AvgIpc) is 2.94. The maximum absolute atomic E-state index is 13.2. The molecule has 1 heterocycles. The Kier molecular flexibility index (Phi) is 11.2. The van der Waals surface area contributed by atoms with E-state index in [9.17, 15) is 19.2 Å². The summed E-state index contributed by atoms with van der Waals surface area (Å²) >= 11 is 0. The molecular formula is C29H38N4O7. The number of ether oxygens (including phenoxy) is 3. The average molecular weight is 555 g/mol. The summed E-state index contributed by atoms with van der Waals surface area (Å²) in [5, 5.41) is 8.18. The number of likely N-dealkylation sites (N-methyl/N-ethyl adjacent to an activating group) is 1. The number of methoxy groups -OCH3 is 1. The molecule has 0 unspecified atom stereocenters. The minimum atomic E-state index is -1.17. The van der Waals surface area contributed by atoms with Gasteiger partial charge in [0, 0.05) is 13.6 Å². The van der Waals surface area contributed by atoms with Crippen LogP contribution in [0.5, 0.6) is 17.2 Å². The van der Waals surface area contributed by atoms with Gasteiger partial charge in [0.15, 0.2) is 0 Å². The summed E-state index contributed by atoms with van der Waals surface area (Å²) in [4.78, 5) is 53.8. The molecule has 11 heteroatoms. The van der Waals surface area contributed by atoms with Crippen LogP contribution in [-0.4, -0.2) is 81.1 Å². The Morgan fingerprint density at radius 2 is 1.77 bits per heavy atom. The monoisotopic (exact) mass is 554 g/mol. The second-order valence-electron chi connectivity index (χ2n) is 9.79. The number of rotatable bonds is 8. The van der Waals surface area contributed by atoms with Crippen molar-refractivity contribution in [2.45, 2.75) is 38.8 Å². The van der Waals surface area contributed by atoms with E-state index in [2.05, 4.69) is 16.0 Å². The van der Waals surface area contributed by atoms with E-state index in [1.165, 1.54) is 4.90 Å². The van der Waals surface area contributed by atoms with Gasteiger partial charge in [-0.05, 0) is 48.7 Å². The first-order valence-electron chi connectivity index (χ1n) is 13.3. The van der Waals surface area contributed by atoms with E-state index >= 15 is 0 Å². The van der Waals surface area contributed by atoms with Gasteiger partial charge >= 0.3 is 0 Å². The highest BCUT2D eigenvalue weighted by molar-refractivity contribution is 6.01. The molecule has 3 rings (SSSR count). The van der Waals surface area contributed by atoms with Crippen LogP contribution in [-0.2, 0) is 14.4 Å². The van der Waals surface area contributed by atoms with Crippen molar-refractivity contribution in [3.8, 4) is 17.2 Å². The molecule has 0 bridgehead atoms. The quantitative estimate of drug-likeness (QED) is 0.423. The third-order valence-corrected chi connectivity index (χ3v) is 6.40. The Bertz CT molecular complexity index is 1170. The van der Waals surface area contributed by atoms with E-state index in [0.29, 0.717) is 24.5 Å². The number of carbonyl (C=O) groups is 4. The van der Waals surface area contributed by atoms with Gasteiger partial charge in [-0.1, -0.05) is 26.0 Å². The number of fused-ring (bicyclic) bond motifs is 1. The molecule has 216 valence electrons. The molecule has 0 fully saturated rings. The molecule has 0 aliphatic carbocycles. The smallest absolute Gasteiger partial charge is 0.255 e. The minimum absolute atomic E-state index is 0.147. The molecule has 40 heavy (non-hydrogen) atoms. The molecule has 4 amide bonds. The van der Waals surface area contributed by atoms with Crippen molar-refractivity contribution in [2.75, 3.05) is 40.5 Å². The van der Waals surface area contributed by atoms with E-state index in [-0.39, 0.29) is 43.5 Å². The Morgan fingerprint density at radius 1 is 1.07 bits per heavy atom. The topological polar surface area (TPSA) is 135 Å². The van der Waals surface area contributed by atoms with Crippen LogP contribution in [0.25, 0.3) is 0 Å². The Hall–Kier alpha value is -4.28. The van der Waals surface area contributed by atoms with Gasteiger partial charge in [-0.2, -0.15) is 0 Å². The first-order valence-corrected chi connectivity index (χ1v) is 13.3. The summed E-state index contributed by atoms with van der Waals surface area (Å²) in [5.74, 6) is -0.346. The molecule has 0 saturated carbocycles. The van der Waals surface area contributed by atoms with Crippen LogP contribution in [0.3, 0.4) is 0 Å². The molecule has 3 N–H and O–H groups in total. The second kappa shape index (κ2) is 14.8. The largest absolute Gasteiger partial charge is 0.497 e. The van der Waals surface area contributed by atoms with Gasteiger partial charge in [0.25, 0.3) is 5.91 Å². The lowest BCUT2D eigenvalue weighted by Gasteiger charge is -2.28. The fourth-order valence-electron chi connectivity index (χ4n) is 4.07. The number of nitrogens with zero attached hydrogens (tertiary/aromatic N) is 1. The second-order valence-corrected chi connectivity index (χ2v) is 9.79. The van der Waals surface area contributed by atoms with Crippen LogP contribution in [0.4, 0.5) is 0 Å². The van der Waals surface area contributed by atoms with Gasteiger partial charge in [0.1, 0.15) is 35.9 Å². The lowest BCUT2D eigenvalue weighted by atomic mass is 10.0. The number of benzene rings is 2. The Morgan fingerprint density at radius 3 is 2.48 bits per heavy atom. The molecule has 0 radical (unpaired) electrons. The summed E-state index contributed by atoms with van der Waals surface area (Å²) in [5.41, 5.74) is 0.222. The van der Waals surface area contributed by atoms with Gasteiger partial charge in [-0.15, -0.1) is 0 Å². The van der Waals surface area contributed by atoms with Gasteiger partial charge in [0.2, 0.25) is 17.7 Å². The number of nitrogens with one attached hydrogen (secondary N) is 3. The summed E-state index contributed by atoms with van der Waals surface area (Å²) in [6, 6.07) is 11.8. The Balaban J connectivity index is 1.69. The van der Waals surface area contributed by atoms with Gasteiger partial charge in [-0.3, -0.25) is 19.2 Å². The van der Waals surface area contributed by atoms with E-state index in [1.807, 2.05) is 13.8 Å². The molecule has 1 aliphatic rings. The van der Waals surface area contributed by atoms with E-state index in [0.717, 1.165) is 5.75 Å². The van der Waals surface area contributed by atoms with Gasteiger partial charge in [-0.25, -0.2) is 0 Å². The number of hydrogen-bond donors (Lipinski definition) is 3. The standard InChI is InChI=1S/C29H38N4O7/c1-19(2)26-29(37)33(3)15-17-40-24-9-6-5-8-22(24)27(35)31-23(18-25(34)32-26)28(36)30-14-7-16-39-21-12-10-20(38-4)11-13-21/h5-6,8-13,19,23,26H,7,14-18H2,1-4H3,(H,30,36)(H,31,35)(H,32,34)/t23-,26+/m0/s1. The summed E-state index contributed by atoms with van der Waals surface area (Å²) in [6.07, 6.45) is 0.153. The van der Waals surface area contributed by atoms with Crippen LogP contribution in [0, 0.1) is 5.92 Å². The summed E-state index contributed by atoms with van der Waals surface area (Å²) in [7, 11) is 3.22. The molecule has 2 aromatic rings. The lowest BCUT2D eigenvalue weighted by Crippen LogP contribution is -2.54. The van der Waals surface area contributed by atoms with Crippen LogP contribution < -0.4 is 30.2 Å². The molecule has 0 saturated heterocycles. The highest BCUT2D eigenvalue weighted by atomic mass is 16.5. The number of carbonyl (C=O) groups excluding carboxylic acids is 4. The fraction of sp³-hybridized carbons (Fsp3) is 0.448. The van der Waals surface area contributed by atoms with Crippen molar-refractivity contribution in [1.82, 2.24) is 20.9 Å². The molecule has 11 nitrogen and oxygen atoms in total. The van der Waals surface area contributed by atoms with Gasteiger partial charge in [0.05, 0.1) is 32.2 Å². The summed E-state index contributed by atoms with van der Waals surface area (Å²) in [6.45, 7) is 4.68. The summed E-state index contributed by atoms with van der Waals surface area (Å²) < 4.78 is 16.6. The van der Waals surface area contributed by atoms with Crippen LogP contribution in [0.1, 0.15) is 37.0 Å². The normalized spacial score (nSPS) is 18.5. The fourth-order valence-corrected chi connectivity index (χ4v) is 4.07. The van der Waals surface area contributed by atoms with Gasteiger partial charge < -0.3 is 35.1 Å². The maximum atomic E-state index is 13.2. The van der Waals surface area contributed by atoms with Crippen molar-refractivity contribution >= 4 is 23.6 Å². The predicted octanol–water partition coefficient (Wildman–Crippen LogP) is 1.76. The Labute approximate surface area is 234 Å². The molecule has 2 atom stereocenters. The maximum Gasteiger partial charge on any atom is 0.255 e. The molecule has 0 aromatic heterocycles. The molecule has 2 aromatic carbocycles. The first kappa shape index (κ1) is 30.3. The highest BCUT2D eigenvalue weighted by Gasteiger charge is 2.31. The van der Waals surface area contributed by atoms with Crippen molar-refractivity contribution in [3.63, 3.8) is 0 Å². The number of para-hydroxylation sites is 1. The molecule has 1 aliphatic heterocycles. The zero-order valence-electron chi connectivity index (χ0n) is 23.4. The van der Waals surface area contributed by atoms with Crippen molar-refractivity contribution in [2.24, 2.45) is 5.92 Å². The predicted molar refractivity (Wildman–Crippen MR) is 148 cm³/mol. The minimum Gasteiger partial charge on any atom is -0.497 e. The van der Waals surface area contributed by atoms with Crippen molar-refractivity contribution in [3.05, 3.63) is 54.1 Å². The third-order valence-electron chi connectivity index (χ3n) is 6.40. The van der Waals surface area contributed by atoms with Crippen LogP contribution in [0.15, 0.2) is 48.5 Å². The third kappa shape index (κ3) is 8.62. The lowest BCUT2D eigenvalue weighted by molar-refractivity contribution is -0.137. The zero-order valence-corrected chi connectivity index (χ0v) is 23.4. The molecule has 0 spiro atoms. The van der Waals surface area contributed by atoms with Crippen molar-refractivity contribution in [1.29, 1.82) is 0 Å².